The highest BCUT2D eigenvalue weighted by Crippen LogP contribution is 2.40. The van der Waals surface area contributed by atoms with Crippen LogP contribution < -0.4 is 0 Å². The Balaban J connectivity index is 1.29. The Morgan fingerprint density at radius 3 is 2.46 bits per heavy atom. The van der Waals surface area contributed by atoms with Crippen LogP contribution in [0.2, 0.25) is 0 Å². The molecule has 1 aliphatic carbocycles. The van der Waals surface area contributed by atoms with Crippen LogP contribution in [0.1, 0.15) is 86.6 Å². The minimum absolute atomic E-state index is 0.00178. The molecule has 6 nitrogen and oxygen atoms in total. The van der Waals surface area contributed by atoms with E-state index in [1.807, 2.05) is 4.52 Å². The summed E-state index contributed by atoms with van der Waals surface area (Å²) in [5, 5.41) is 4.39. The third kappa shape index (κ3) is 4.33. The van der Waals surface area contributed by atoms with Gasteiger partial charge in [0.25, 0.3) is 5.92 Å². The largest absolute Gasteiger partial charge is 0.353 e. The van der Waals surface area contributed by atoms with Crippen LogP contribution in [0.15, 0.2) is 24.7 Å². The summed E-state index contributed by atoms with van der Waals surface area (Å²) in [6.45, 7) is 9.75. The molecule has 0 bridgehead atoms. The summed E-state index contributed by atoms with van der Waals surface area (Å²) in [5.41, 5.74) is 9.96. The molecular weight excluding hydrogens is 470 g/mol. The highest BCUT2D eigenvalue weighted by atomic mass is 19.3. The molecule has 2 fully saturated rings. The quantitative estimate of drug-likeness (QED) is 0.332. The number of nitrogens with one attached hydrogen (secondary N) is 1. The van der Waals surface area contributed by atoms with Crippen molar-refractivity contribution in [3.63, 3.8) is 0 Å². The number of aryl methyl sites for hydroxylation is 1. The molecule has 0 unspecified atom stereocenters. The van der Waals surface area contributed by atoms with Gasteiger partial charge in [-0.25, -0.2) is 18.3 Å². The lowest BCUT2D eigenvalue weighted by atomic mass is 9.82. The molecule has 0 atom stereocenters. The van der Waals surface area contributed by atoms with E-state index in [2.05, 4.69) is 66.0 Å². The van der Waals surface area contributed by atoms with Gasteiger partial charge in [-0.15, -0.1) is 0 Å². The Kier molecular flexibility index (Phi) is 6.05. The number of hydrogen-bond acceptors (Lipinski definition) is 4. The lowest BCUT2D eigenvalue weighted by Gasteiger charge is -2.40. The first-order valence-corrected chi connectivity index (χ1v) is 13.7. The topological polar surface area (TPSA) is 62.1 Å². The van der Waals surface area contributed by atoms with Gasteiger partial charge in [0.05, 0.1) is 16.7 Å². The molecule has 1 N–H and O–H groups in total. The van der Waals surface area contributed by atoms with Gasteiger partial charge in [0.2, 0.25) is 0 Å². The van der Waals surface area contributed by atoms with Crippen LogP contribution >= 0.6 is 0 Å². The summed E-state index contributed by atoms with van der Waals surface area (Å²) >= 11 is 0. The number of halogens is 2. The van der Waals surface area contributed by atoms with E-state index < -0.39 is 5.92 Å². The molecule has 37 heavy (non-hydrogen) atoms. The fourth-order valence-electron chi connectivity index (χ4n) is 6.51. The molecule has 4 aromatic heterocycles. The minimum Gasteiger partial charge on any atom is -0.353 e. The van der Waals surface area contributed by atoms with Crippen molar-refractivity contribution in [1.82, 2.24) is 29.5 Å². The maximum absolute atomic E-state index is 13.6. The normalized spacial score (nSPS) is 22.9. The van der Waals surface area contributed by atoms with Crippen LogP contribution in [0.3, 0.4) is 0 Å². The van der Waals surface area contributed by atoms with Crippen molar-refractivity contribution in [3.05, 3.63) is 47.0 Å². The van der Waals surface area contributed by atoms with Crippen LogP contribution in [0.5, 0.6) is 0 Å². The van der Waals surface area contributed by atoms with Gasteiger partial charge in [-0.2, -0.15) is 5.10 Å². The van der Waals surface area contributed by atoms with Crippen molar-refractivity contribution in [1.29, 1.82) is 0 Å². The third-order valence-corrected chi connectivity index (χ3v) is 8.83. The monoisotopic (exact) mass is 506 g/mol. The predicted molar refractivity (Wildman–Crippen MR) is 142 cm³/mol. The average Bonchev–Trinajstić information content (AvgIpc) is 3.50. The minimum atomic E-state index is -2.48. The van der Waals surface area contributed by atoms with Gasteiger partial charge in [0.1, 0.15) is 6.33 Å². The van der Waals surface area contributed by atoms with E-state index >= 15 is 0 Å². The lowest BCUT2D eigenvalue weighted by molar-refractivity contribution is -0.0659. The zero-order valence-electron chi connectivity index (χ0n) is 22.2. The van der Waals surface area contributed by atoms with Gasteiger partial charge in [-0.05, 0) is 68.7 Å². The number of fused-ring (bicyclic) bond motifs is 2. The summed E-state index contributed by atoms with van der Waals surface area (Å²) in [6, 6.07) is 4.79. The van der Waals surface area contributed by atoms with Crippen LogP contribution in [0.25, 0.3) is 27.9 Å². The van der Waals surface area contributed by atoms with Crippen LogP contribution in [-0.4, -0.2) is 54.5 Å². The smallest absolute Gasteiger partial charge is 0.250 e. The molecule has 2 aliphatic rings. The second kappa shape index (κ2) is 9.15. The number of likely N-dealkylation sites (tertiary alicyclic amines) is 1. The second-order valence-electron chi connectivity index (χ2n) is 11.4. The Bertz CT molecular complexity index is 1430. The molecule has 0 aromatic carbocycles. The van der Waals surface area contributed by atoms with Crippen LogP contribution in [0.4, 0.5) is 8.78 Å². The molecule has 0 radical (unpaired) electrons. The molecule has 1 saturated carbocycles. The number of H-pyrrole nitrogens is 1. The SMILES string of the molecule is Cc1c(-c2[nH]c3ccc(C4CCC(N5CCC(F)(F)CC5)CC4)nc3c2C(C)C)cn2ncnc2c1C. The molecular formula is C29H36F2N6. The maximum atomic E-state index is 13.6. The average molecular weight is 507 g/mol. The van der Waals surface area contributed by atoms with Crippen molar-refractivity contribution in [2.45, 2.75) is 90.0 Å². The predicted octanol–water partition coefficient (Wildman–Crippen LogP) is 6.77. The number of nitrogens with zero attached hydrogens (tertiary/aromatic N) is 5. The van der Waals surface area contributed by atoms with E-state index in [1.54, 1.807) is 6.33 Å². The summed E-state index contributed by atoms with van der Waals surface area (Å²) < 4.78 is 29.1. The molecule has 8 heteroatoms. The van der Waals surface area contributed by atoms with E-state index in [0.29, 0.717) is 31.0 Å². The molecule has 5 heterocycles. The first-order valence-electron chi connectivity index (χ1n) is 13.7. The molecule has 0 amide bonds. The zero-order chi connectivity index (χ0) is 25.9. The first-order chi connectivity index (χ1) is 17.7. The van der Waals surface area contributed by atoms with Gasteiger partial charge < -0.3 is 4.98 Å². The molecule has 0 spiro atoms. The summed E-state index contributed by atoms with van der Waals surface area (Å²) in [5.74, 6) is -1.76. The second-order valence-corrected chi connectivity index (χ2v) is 11.4. The number of hydrogen-bond donors (Lipinski definition) is 1. The summed E-state index contributed by atoms with van der Waals surface area (Å²) in [4.78, 5) is 15.6. The van der Waals surface area contributed by atoms with Crippen LogP contribution in [0, 0.1) is 13.8 Å². The zero-order valence-corrected chi connectivity index (χ0v) is 22.2. The maximum Gasteiger partial charge on any atom is 0.250 e. The Morgan fingerprint density at radius 1 is 1.03 bits per heavy atom. The number of alkyl halides is 2. The summed E-state index contributed by atoms with van der Waals surface area (Å²) in [7, 11) is 0. The fourth-order valence-corrected chi connectivity index (χ4v) is 6.51. The van der Waals surface area contributed by atoms with Gasteiger partial charge in [0.15, 0.2) is 5.65 Å². The van der Waals surface area contributed by atoms with Gasteiger partial charge >= 0.3 is 0 Å². The van der Waals surface area contributed by atoms with Crippen molar-refractivity contribution in [2.75, 3.05) is 13.1 Å². The van der Waals surface area contributed by atoms with Crippen molar-refractivity contribution >= 4 is 16.7 Å². The standard InChI is InChI=1S/C29H36F2N6/c1-17(2)25-26(22-15-37-28(32-16-33-37)19(4)18(22)3)35-24-10-9-23(34-27(24)25)20-5-7-21(8-6-20)36-13-11-29(30,31)12-14-36/h9-10,15-17,20-21,35H,5-8,11-14H2,1-4H3. The van der Waals surface area contributed by atoms with E-state index in [0.717, 1.165) is 64.9 Å². The lowest BCUT2D eigenvalue weighted by Crippen LogP contribution is -2.46. The highest BCUT2D eigenvalue weighted by Gasteiger charge is 2.37. The summed E-state index contributed by atoms with van der Waals surface area (Å²) in [6.07, 6.45) is 7.91. The number of rotatable bonds is 4. The molecule has 4 aromatic rings. The van der Waals surface area contributed by atoms with E-state index in [9.17, 15) is 8.78 Å². The van der Waals surface area contributed by atoms with Crippen LogP contribution in [-0.2, 0) is 0 Å². The molecule has 1 aliphatic heterocycles. The molecule has 1 saturated heterocycles. The number of aromatic nitrogens is 5. The Hall–Kier alpha value is -2.87. The highest BCUT2D eigenvalue weighted by molar-refractivity contribution is 5.89. The third-order valence-electron chi connectivity index (χ3n) is 8.83. The molecule has 6 rings (SSSR count). The van der Waals surface area contributed by atoms with Crippen molar-refractivity contribution < 1.29 is 8.78 Å². The number of piperidine rings is 1. The van der Waals surface area contributed by atoms with E-state index in [4.69, 9.17) is 4.98 Å². The van der Waals surface area contributed by atoms with Crippen molar-refractivity contribution in [3.8, 4) is 11.3 Å². The Labute approximate surface area is 216 Å². The van der Waals surface area contributed by atoms with Gasteiger partial charge in [0, 0.05) is 60.9 Å². The van der Waals surface area contributed by atoms with E-state index in [1.165, 1.54) is 11.1 Å². The van der Waals surface area contributed by atoms with Gasteiger partial charge in [-0.3, -0.25) is 9.88 Å². The van der Waals surface area contributed by atoms with Gasteiger partial charge in [-0.1, -0.05) is 13.8 Å². The molecule has 196 valence electrons. The number of aromatic amines is 1. The van der Waals surface area contributed by atoms with Crippen molar-refractivity contribution in [2.24, 2.45) is 0 Å². The first kappa shape index (κ1) is 24.5. The fraction of sp³-hybridized carbons (Fsp3) is 0.552. The Morgan fingerprint density at radius 2 is 1.76 bits per heavy atom. The number of pyridine rings is 2. The van der Waals surface area contributed by atoms with E-state index in [-0.39, 0.29) is 12.8 Å².